The molecule has 11 heavy (non-hydrogen) atoms. The molecule has 1 rings (SSSR count). The Hall–Kier alpha value is -0.860. The van der Waals surface area contributed by atoms with Gasteiger partial charge in [0.2, 0.25) is 0 Å². The first-order valence-electron chi connectivity index (χ1n) is 3.68. The second kappa shape index (κ2) is 4.11. The smallest absolute Gasteiger partial charge is 0.126 e. The fourth-order valence-electron chi connectivity index (χ4n) is 0.969. The lowest BCUT2D eigenvalue weighted by Gasteiger charge is -2.09. The molecule has 1 unspecified atom stereocenters. The molecule has 0 aliphatic heterocycles. The summed E-state index contributed by atoms with van der Waals surface area (Å²) in [7, 11) is 3.57. The zero-order valence-corrected chi connectivity index (χ0v) is 6.40. The summed E-state index contributed by atoms with van der Waals surface area (Å²) in [4.78, 5) is 0. The Bertz CT molecular complexity index is 198. The second-order valence-electron chi connectivity index (χ2n) is 2.45. The van der Waals surface area contributed by atoms with Crippen molar-refractivity contribution in [2.24, 2.45) is 0 Å². The molecule has 60 valence electrons. The highest BCUT2D eigenvalue weighted by atomic mass is 16.3. The van der Waals surface area contributed by atoms with Gasteiger partial charge in [-0.2, -0.15) is 7.05 Å². The fraction of sp³-hybridized carbons (Fsp3) is 0.222. The molecular formula is C9H13NO. The summed E-state index contributed by atoms with van der Waals surface area (Å²) in [5, 5.41) is 11.2. The molecule has 0 fully saturated rings. The molecule has 0 aromatic heterocycles. The molecule has 1 aromatic rings. The van der Waals surface area contributed by atoms with Crippen LogP contribution in [-0.2, 0) is 0 Å². The number of benzene rings is 1. The Balaban J connectivity index is 2.61. The maximum atomic E-state index is 9.45. The third kappa shape index (κ3) is 2.33. The average molecular weight is 151 g/mol. The minimum atomic E-state index is -0.395. The van der Waals surface area contributed by atoms with E-state index in [-0.39, 0.29) is 0 Å². The molecule has 0 aliphatic carbocycles. The van der Waals surface area contributed by atoms with E-state index in [2.05, 4.69) is 7.05 Å². The molecule has 0 saturated heterocycles. The first-order valence-corrected chi connectivity index (χ1v) is 3.68. The SMILES string of the molecule is [CH2-][NH2+]CC(O)c1ccccc1. The Morgan fingerprint density at radius 1 is 1.36 bits per heavy atom. The van der Waals surface area contributed by atoms with Crippen LogP contribution in [0.5, 0.6) is 0 Å². The van der Waals surface area contributed by atoms with Crippen LogP contribution in [0.25, 0.3) is 0 Å². The zero-order valence-electron chi connectivity index (χ0n) is 6.40. The van der Waals surface area contributed by atoms with Crippen LogP contribution >= 0.6 is 0 Å². The Morgan fingerprint density at radius 3 is 2.55 bits per heavy atom. The van der Waals surface area contributed by atoms with Crippen molar-refractivity contribution in [1.82, 2.24) is 0 Å². The zero-order chi connectivity index (χ0) is 8.10. The highest BCUT2D eigenvalue weighted by molar-refractivity contribution is 5.16. The van der Waals surface area contributed by atoms with E-state index >= 15 is 0 Å². The van der Waals surface area contributed by atoms with Crippen molar-refractivity contribution in [3.05, 3.63) is 42.9 Å². The quantitative estimate of drug-likeness (QED) is 0.589. The third-order valence-corrected chi connectivity index (χ3v) is 1.57. The molecule has 0 radical (unpaired) electrons. The van der Waals surface area contributed by atoms with Crippen molar-refractivity contribution in [3.8, 4) is 0 Å². The van der Waals surface area contributed by atoms with Crippen molar-refractivity contribution in [2.45, 2.75) is 6.10 Å². The number of nitrogens with two attached hydrogens (primary N) is 1. The number of aliphatic hydroxyl groups excluding tert-OH is 1. The van der Waals surface area contributed by atoms with Gasteiger partial charge in [-0.15, -0.1) is 0 Å². The van der Waals surface area contributed by atoms with Gasteiger partial charge in [0.1, 0.15) is 6.10 Å². The van der Waals surface area contributed by atoms with Crippen LogP contribution in [0.15, 0.2) is 30.3 Å². The Labute approximate surface area is 66.9 Å². The highest BCUT2D eigenvalue weighted by Gasteiger charge is 2.04. The first kappa shape index (κ1) is 8.24. The molecule has 0 amide bonds. The maximum absolute atomic E-state index is 9.45. The van der Waals surface area contributed by atoms with Gasteiger partial charge in [-0.3, -0.25) is 0 Å². The summed E-state index contributed by atoms with van der Waals surface area (Å²) in [5.41, 5.74) is 0.951. The number of hydrogen-bond acceptors (Lipinski definition) is 1. The standard InChI is InChI=1S/C9H13NO/c1-10-7-9(11)8-5-3-2-4-6-8/h2-6,9,11H,1,7,10H2. The molecule has 1 aromatic carbocycles. The number of rotatable bonds is 3. The van der Waals surface area contributed by atoms with Crippen molar-refractivity contribution in [3.63, 3.8) is 0 Å². The second-order valence-corrected chi connectivity index (χ2v) is 2.45. The average Bonchev–Trinajstić information content (AvgIpc) is 2.07. The first-order chi connectivity index (χ1) is 5.34. The summed E-state index contributed by atoms with van der Waals surface area (Å²) in [6, 6.07) is 9.59. The maximum Gasteiger partial charge on any atom is 0.126 e. The highest BCUT2D eigenvalue weighted by Crippen LogP contribution is 2.08. The van der Waals surface area contributed by atoms with Crippen molar-refractivity contribution in [1.29, 1.82) is 0 Å². The summed E-state index contributed by atoms with van der Waals surface area (Å²) in [5.74, 6) is 0. The molecule has 3 N–H and O–H groups in total. The van der Waals surface area contributed by atoms with Gasteiger partial charge in [-0.05, 0) is 5.56 Å². The predicted octanol–water partition coefficient (Wildman–Crippen LogP) is 0.0750. The minimum Gasteiger partial charge on any atom is -0.476 e. The number of quaternary nitrogens is 1. The van der Waals surface area contributed by atoms with Gasteiger partial charge in [-0.1, -0.05) is 30.3 Å². The molecule has 2 nitrogen and oxygen atoms in total. The summed E-state index contributed by atoms with van der Waals surface area (Å²) in [6.45, 7) is 0.615. The van der Waals surface area contributed by atoms with Crippen LogP contribution in [0.2, 0.25) is 0 Å². The van der Waals surface area contributed by atoms with E-state index in [0.717, 1.165) is 5.56 Å². The topological polar surface area (TPSA) is 36.8 Å². The molecular weight excluding hydrogens is 138 g/mol. The van der Waals surface area contributed by atoms with Crippen molar-refractivity contribution >= 4 is 0 Å². The molecule has 0 bridgehead atoms. The van der Waals surface area contributed by atoms with Crippen LogP contribution in [-0.4, -0.2) is 11.7 Å². The van der Waals surface area contributed by atoms with Crippen LogP contribution < -0.4 is 5.32 Å². The van der Waals surface area contributed by atoms with Crippen molar-refractivity contribution in [2.75, 3.05) is 6.54 Å². The van der Waals surface area contributed by atoms with Gasteiger partial charge < -0.3 is 10.4 Å². The summed E-state index contributed by atoms with van der Waals surface area (Å²) >= 11 is 0. The van der Waals surface area contributed by atoms with E-state index in [1.165, 1.54) is 0 Å². The van der Waals surface area contributed by atoms with E-state index < -0.39 is 6.10 Å². The molecule has 0 heterocycles. The lowest BCUT2D eigenvalue weighted by Crippen LogP contribution is -2.78. The van der Waals surface area contributed by atoms with Gasteiger partial charge in [0.25, 0.3) is 0 Å². The number of hydrogen-bond donors (Lipinski definition) is 2. The van der Waals surface area contributed by atoms with Gasteiger partial charge in [-0.25, -0.2) is 0 Å². The van der Waals surface area contributed by atoms with E-state index in [9.17, 15) is 5.11 Å². The number of aliphatic hydroxyl groups is 1. The van der Waals surface area contributed by atoms with E-state index in [0.29, 0.717) is 6.54 Å². The predicted molar refractivity (Wildman–Crippen MR) is 43.6 cm³/mol. The lowest BCUT2D eigenvalue weighted by molar-refractivity contribution is -0.604. The molecule has 0 spiro atoms. The van der Waals surface area contributed by atoms with Crippen LogP contribution in [0.4, 0.5) is 0 Å². The van der Waals surface area contributed by atoms with Crippen LogP contribution in [0.1, 0.15) is 11.7 Å². The van der Waals surface area contributed by atoms with Gasteiger partial charge >= 0.3 is 0 Å². The fourth-order valence-corrected chi connectivity index (χ4v) is 0.969. The largest absolute Gasteiger partial charge is 0.476 e. The molecule has 2 heteroatoms. The third-order valence-electron chi connectivity index (χ3n) is 1.57. The van der Waals surface area contributed by atoms with Crippen molar-refractivity contribution < 1.29 is 10.4 Å². The van der Waals surface area contributed by atoms with Crippen LogP contribution in [0, 0.1) is 7.05 Å². The van der Waals surface area contributed by atoms with Gasteiger partial charge in [0.15, 0.2) is 0 Å². The molecule has 0 aliphatic rings. The Kier molecular flexibility index (Phi) is 3.08. The van der Waals surface area contributed by atoms with Gasteiger partial charge in [0, 0.05) is 0 Å². The van der Waals surface area contributed by atoms with Crippen LogP contribution in [0.3, 0.4) is 0 Å². The molecule has 1 atom stereocenters. The summed E-state index contributed by atoms with van der Waals surface area (Å²) in [6.07, 6.45) is -0.395. The summed E-state index contributed by atoms with van der Waals surface area (Å²) < 4.78 is 0. The minimum absolute atomic E-state index is 0.395. The van der Waals surface area contributed by atoms with Gasteiger partial charge in [0.05, 0.1) is 6.54 Å². The molecule has 0 saturated carbocycles. The monoisotopic (exact) mass is 151 g/mol. The van der Waals surface area contributed by atoms with E-state index in [1.54, 1.807) is 5.32 Å². The van der Waals surface area contributed by atoms with E-state index in [4.69, 9.17) is 0 Å². The lowest BCUT2D eigenvalue weighted by atomic mass is 10.1. The van der Waals surface area contributed by atoms with E-state index in [1.807, 2.05) is 30.3 Å². The Morgan fingerprint density at radius 2 is 2.00 bits per heavy atom. The normalized spacial score (nSPS) is 12.9.